The van der Waals surface area contributed by atoms with Gasteiger partial charge in [0.1, 0.15) is 11.6 Å². The largest absolute Gasteiger partial charge is 0.444 e. The highest BCUT2D eigenvalue weighted by molar-refractivity contribution is 5.85. The van der Waals surface area contributed by atoms with Gasteiger partial charge in [0.25, 0.3) is 0 Å². The summed E-state index contributed by atoms with van der Waals surface area (Å²) in [5.74, 6) is 0.186. The lowest BCUT2D eigenvalue weighted by Crippen LogP contribution is -2.52. The van der Waals surface area contributed by atoms with Gasteiger partial charge < -0.3 is 20.1 Å². The molecule has 1 aliphatic heterocycles. The van der Waals surface area contributed by atoms with Crippen LogP contribution in [0.15, 0.2) is 0 Å². The Kier molecular flexibility index (Phi) is 6.66. The Morgan fingerprint density at radius 2 is 1.82 bits per heavy atom. The first kappa shape index (κ1) is 18.7. The van der Waals surface area contributed by atoms with Gasteiger partial charge in [0.2, 0.25) is 5.91 Å². The average molecular weight is 314 g/mol. The molecule has 128 valence electrons. The smallest absolute Gasteiger partial charge is 0.408 e. The number of ether oxygens (including phenoxy) is 1. The number of aliphatic hydroxyl groups excluding tert-OH is 1. The topological polar surface area (TPSA) is 78.9 Å². The highest BCUT2D eigenvalue weighted by atomic mass is 16.6. The van der Waals surface area contributed by atoms with Crippen molar-refractivity contribution in [3.8, 4) is 0 Å². The maximum absolute atomic E-state index is 12.6. The molecular formula is C16H30N2O4. The predicted octanol–water partition coefficient (Wildman–Crippen LogP) is 1.91. The van der Waals surface area contributed by atoms with E-state index in [1.807, 2.05) is 13.8 Å². The lowest BCUT2D eigenvalue weighted by atomic mass is 10.0. The van der Waals surface area contributed by atoms with Crippen LogP contribution >= 0.6 is 0 Å². The lowest BCUT2D eigenvalue weighted by molar-refractivity contribution is -0.135. The third-order valence-electron chi connectivity index (χ3n) is 3.47. The Bertz CT molecular complexity index is 382. The van der Waals surface area contributed by atoms with Crippen molar-refractivity contribution in [2.24, 2.45) is 5.92 Å². The number of hydrogen-bond donors (Lipinski definition) is 2. The molecule has 0 saturated carbocycles. The molecule has 1 saturated heterocycles. The van der Waals surface area contributed by atoms with Crippen LogP contribution in [0.5, 0.6) is 0 Å². The number of hydrogen-bond acceptors (Lipinski definition) is 4. The molecule has 0 aromatic carbocycles. The van der Waals surface area contributed by atoms with E-state index in [0.29, 0.717) is 32.4 Å². The number of rotatable bonds is 4. The van der Waals surface area contributed by atoms with Gasteiger partial charge in [-0.05, 0) is 46.0 Å². The van der Waals surface area contributed by atoms with Gasteiger partial charge in [-0.15, -0.1) is 0 Å². The standard InChI is InChI=1S/C16H30N2O4/c1-11(2)10-13(17-15(21)22-16(3,4)5)14(20)18-8-6-12(19)7-9-18/h11-13,19H,6-10H2,1-5H3,(H,17,21). The van der Waals surface area contributed by atoms with Crippen molar-refractivity contribution in [3.63, 3.8) is 0 Å². The van der Waals surface area contributed by atoms with Crippen molar-refractivity contribution < 1.29 is 19.4 Å². The highest BCUT2D eigenvalue weighted by Gasteiger charge is 2.30. The molecule has 1 unspecified atom stereocenters. The summed E-state index contributed by atoms with van der Waals surface area (Å²) in [7, 11) is 0. The van der Waals surface area contributed by atoms with Crippen molar-refractivity contribution in [1.29, 1.82) is 0 Å². The second kappa shape index (κ2) is 7.81. The van der Waals surface area contributed by atoms with Crippen LogP contribution < -0.4 is 5.32 Å². The number of carbonyl (C=O) groups excluding carboxylic acids is 2. The molecule has 0 radical (unpaired) electrons. The molecule has 0 aliphatic carbocycles. The van der Waals surface area contributed by atoms with Crippen LogP contribution in [0.3, 0.4) is 0 Å². The number of aliphatic hydroxyl groups is 1. The number of nitrogens with zero attached hydrogens (tertiary/aromatic N) is 1. The zero-order valence-corrected chi connectivity index (χ0v) is 14.4. The van der Waals surface area contributed by atoms with Crippen LogP contribution in [0, 0.1) is 5.92 Å². The number of likely N-dealkylation sites (tertiary alicyclic amines) is 1. The summed E-state index contributed by atoms with van der Waals surface area (Å²) in [6, 6.07) is -0.579. The molecular weight excluding hydrogens is 284 g/mol. The Labute approximate surface area is 133 Å². The van der Waals surface area contributed by atoms with Gasteiger partial charge in [-0.3, -0.25) is 4.79 Å². The number of alkyl carbamates (subject to hydrolysis) is 1. The summed E-state index contributed by atoms with van der Waals surface area (Å²) < 4.78 is 5.24. The summed E-state index contributed by atoms with van der Waals surface area (Å²) in [5, 5.41) is 12.2. The summed E-state index contributed by atoms with van der Waals surface area (Å²) in [5.41, 5.74) is -0.593. The molecule has 1 heterocycles. The van der Waals surface area contributed by atoms with Crippen LogP contribution in [0.2, 0.25) is 0 Å². The van der Waals surface area contributed by atoms with Crippen molar-refractivity contribution in [1.82, 2.24) is 10.2 Å². The Morgan fingerprint density at radius 3 is 2.27 bits per heavy atom. The van der Waals surface area contributed by atoms with Gasteiger partial charge in [-0.2, -0.15) is 0 Å². The van der Waals surface area contributed by atoms with Crippen LogP contribution in [0.1, 0.15) is 53.9 Å². The molecule has 2 amide bonds. The molecule has 6 heteroatoms. The lowest BCUT2D eigenvalue weighted by Gasteiger charge is -2.33. The summed E-state index contributed by atoms with van der Waals surface area (Å²) in [6.45, 7) is 10.5. The molecule has 1 fully saturated rings. The second-order valence-electron chi connectivity index (χ2n) is 7.38. The monoisotopic (exact) mass is 314 g/mol. The Morgan fingerprint density at radius 1 is 1.27 bits per heavy atom. The SMILES string of the molecule is CC(C)CC(NC(=O)OC(C)(C)C)C(=O)N1CCC(O)CC1. The van der Waals surface area contributed by atoms with Crippen LogP contribution in [0.25, 0.3) is 0 Å². The number of piperidine rings is 1. The number of amides is 2. The van der Waals surface area contributed by atoms with E-state index in [9.17, 15) is 14.7 Å². The molecule has 1 rings (SSSR count). The van der Waals surface area contributed by atoms with E-state index < -0.39 is 17.7 Å². The quantitative estimate of drug-likeness (QED) is 0.831. The van der Waals surface area contributed by atoms with Crippen molar-refractivity contribution >= 4 is 12.0 Å². The minimum atomic E-state index is -0.593. The van der Waals surface area contributed by atoms with Gasteiger partial charge in [0.15, 0.2) is 0 Å². The van der Waals surface area contributed by atoms with Gasteiger partial charge >= 0.3 is 6.09 Å². The van der Waals surface area contributed by atoms with Crippen LogP contribution in [-0.2, 0) is 9.53 Å². The van der Waals surface area contributed by atoms with Gasteiger partial charge in [-0.1, -0.05) is 13.8 Å². The minimum absolute atomic E-state index is 0.0912. The average Bonchev–Trinajstić information content (AvgIpc) is 2.35. The normalized spacial score (nSPS) is 18.2. The van der Waals surface area contributed by atoms with E-state index in [1.165, 1.54) is 0 Å². The molecule has 0 spiro atoms. The van der Waals surface area contributed by atoms with E-state index >= 15 is 0 Å². The van der Waals surface area contributed by atoms with E-state index in [1.54, 1.807) is 25.7 Å². The molecule has 0 aromatic rings. The van der Waals surface area contributed by atoms with E-state index in [0.717, 1.165) is 0 Å². The molecule has 0 aromatic heterocycles. The number of nitrogens with one attached hydrogen (secondary N) is 1. The maximum atomic E-state index is 12.6. The number of carbonyl (C=O) groups is 2. The van der Waals surface area contributed by atoms with E-state index in [2.05, 4.69) is 5.32 Å². The van der Waals surface area contributed by atoms with Crippen molar-refractivity contribution in [2.75, 3.05) is 13.1 Å². The first-order chi connectivity index (χ1) is 10.1. The van der Waals surface area contributed by atoms with Crippen molar-refractivity contribution in [2.45, 2.75) is 71.6 Å². The predicted molar refractivity (Wildman–Crippen MR) is 84.4 cm³/mol. The van der Waals surface area contributed by atoms with Crippen molar-refractivity contribution in [3.05, 3.63) is 0 Å². The molecule has 1 aliphatic rings. The molecule has 6 nitrogen and oxygen atoms in total. The Hall–Kier alpha value is -1.30. The fourth-order valence-corrected chi connectivity index (χ4v) is 2.45. The highest BCUT2D eigenvalue weighted by Crippen LogP contribution is 2.15. The minimum Gasteiger partial charge on any atom is -0.444 e. The first-order valence-electron chi connectivity index (χ1n) is 8.05. The van der Waals surface area contributed by atoms with Gasteiger partial charge in [0.05, 0.1) is 6.10 Å². The van der Waals surface area contributed by atoms with Crippen LogP contribution in [-0.4, -0.2) is 52.8 Å². The molecule has 0 bridgehead atoms. The molecule has 1 atom stereocenters. The third-order valence-corrected chi connectivity index (χ3v) is 3.47. The van der Waals surface area contributed by atoms with E-state index in [-0.39, 0.29) is 17.9 Å². The maximum Gasteiger partial charge on any atom is 0.408 e. The van der Waals surface area contributed by atoms with Gasteiger partial charge in [-0.25, -0.2) is 4.79 Å². The van der Waals surface area contributed by atoms with E-state index in [4.69, 9.17) is 4.74 Å². The second-order valence-corrected chi connectivity index (χ2v) is 7.38. The zero-order valence-electron chi connectivity index (χ0n) is 14.4. The Balaban J connectivity index is 2.66. The molecule has 2 N–H and O–H groups in total. The summed E-state index contributed by atoms with van der Waals surface area (Å²) >= 11 is 0. The first-order valence-corrected chi connectivity index (χ1v) is 8.05. The fourth-order valence-electron chi connectivity index (χ4n) is 2.45. The fraction of sp³-hybridized carbons (Fsp3) is 0.875. The zero-order chi connectivity index (χ0) is 16.9. The summed E-state index contributed by atoms with van der Waals surface area (Å²) in [6.07, 6.45) is 0.853. The summed E-state index contributed by atoms with van der Waals surface area (Å²) in [4.78, 5) is 26.3. The third kappa shape index (κ3) is 6.64. The van der Waals surface area contributed by atoms with Crippen LogP contribution in [0.4, 0.5) is 4.79 Å². The molecule has 22 heavy (non-hydrogen) atoms. The van der Waals surface area contributed by atoms with Gasteiger partial charge in [0, 0.05) is 13.1 Å².